The lowest BCUT2D eigenvalue weighted by atomic mass is 10.1. The van der Waals surface area contributed by atoms with Gasteiger partial charge in [-0.1, -0.05) is 41.0 Å². The molecule has 26 heavy (non-hydrogen) atoms. The fourth-order valence-corrected chi connectivity index (χ4v) is 3.99. The summed E-state index contributed by atoms with van der Waals surface area (Å²) < 4.78 is 6.53. The summed E-state index contributed by atoms with van der Waals surface area (Å²) in [5, 5.41) is 11.8. The first-order valence-electron chi connectivity index (χ1n) is 7.92. The minimum Gasteiger partial charge on any atom is -0.403 e. The van der Waals surface area contributed by atoms with E-state index in [1.165, 1.54) is 16.9 Å². The lowest BCUT2D eigenvalue weighted by Crippen LogP contribution is -2.10. The van der Waals surface area contributed by atoms with Crippen LogP contribution in [0.3, 0.4) is 0 Å². The van der Waals surface area contributed by atoms with Crippen molar-refractivity contribution in [3.05, 3.63) is 63.5 Å². The number of thiophene rings is 1. The highest BCUT2D eigenvalue weighted by Crippen LogP contribution is 2.35. The normalized spacial score (nSPS) is 11.0. The van der Waals surface area contributed by atoms with E-state index in [0.29, 0.717) is 15.8 Å². The highest BCUT2D eigenvalue weighted by Gasteiger charge is 2.19. The van der Waals surface area contributed by atoms with Gasteiger partial charge in [0.05, 0.1) is 5.02 Å². The van der Waals surface area contributed by atoms with Crippen molar-refractivity contribution < 1.29 is 9.21 Å². The molecule has 0 fully saturated rings. The summed E-state index contributed by atoms with van der Waals surface area (Å²) in [6.45, 7) is 4.05. The highest BCUT2D eigenvalue weighted by molar-refractivity contribution is 7.21. The fourth-order valence-electron chi connectivity index (χ4n) is 2.58. The monoisotopic (exact) mass is 383 g/mol. The molecule has 2 aromatic heterocycles. The second kappa shape index (κ2) is 6.55. The first-order chi connectivity index (χ1) is 12.5. The molecular formula is C19H14ClN3O2S. The van der Waals surface area contributed by atoms with Gasteiger partial charge in [-0.15, -0.1) is 16.4 Å². The molecule has 4 rings (SSSR count). The second-order valence-corrected chi connectivity index (χ2v) is 7.34. The van der Waals surface area contributed by atoms with Crippen LogP contribution in [0.15, 0.2) is 46.9 Å². The van der Waals surface area contributed by atoms with E-state index >= 15 is 0 Å². The zero-order valence-corrected chi connectivity index (χ0v) is 15.6. The Bertz CT molecular complexity index is 1130. The minimum atomic E-state index is -0.369. The molecule has 0 aliphatic rings. The average Bonchev–Trinajstić information content (AvgIpc) is 3.23. The molecule has 0 aliphatic heterocycles. The molecular weight excluding hydrogens is 370 g/mol. The number of aryl methyl sites for hydroxylation is 2. The predicted molar refractivity (Wildman–Crippen MR) is 104 cm³/mol. The maximum Gasteiger partial charge on any atom is 0.322 e. The molecule has 0 saturated heterocycles. The summed E-state index contributed by atoms with van der Waals surface area (Å²) in [5.41, 5.74) is 3.12. The number of aromatic nitrogens is 2. The summed E-state index contributed by atoms with van der Waals surface area (Å²) >= 11 is 7.66. The molecule has 2 aromatic carbocycles. The summed E-state index contributed by atoms with van der Waals surface area (Å²) in [5.74, 6) is -0.0164. The number of benzene rings is 2. The second-order valence-electron chi connectivity index (χ2n) is 5.91. The Hall–Kier alpha value is -2.70. The summed E-state index contributed by atoms with van der Waals surface area (Å²) in [6.07, 6.45) is 0. The van der Waals surface area contributed by atoms with Crippen LogP contribution in [-0.4, -0.2) is 16.1 Å². The number of fused-ring (bicyclic) bond motifs is 1. The largest absolute Gasteiger partial charge is 0.403 e. The Labute approximate surface area is 158 Å². The van der Waals surface area contributed by atoms with Gasteiger partial charge in [0.1, 0.15) is 4.88 Å². The van der Waals surface area contributed by atoms with Crippen LogP contribution in [0.25, 0.3) is 21.5 Å². The number of anilines is 1. The lowest BCUT2D eigenvalue weighted by Gasteiger charge is -2.01. The summed E-state index contributed by atoms with van der Waals surface area (Å²) in [7, 11) is 0. The molecule has 0 atom stereocenters. The standard InChI is InChI=1S/C19H14ClN3O2S/c1-10-7-8-12(9-11(10)2)18-22-23-19(25-18)21-17(24)16-15(20)13-5-3-4-6-14(13)26-16/h3-9H,1-2H3,(H,21,23,24). The van der Waals surface area contributed by atoms with Gasteiger partial charge in [-0.3, -0.25) is 10.1 Å². The van der Waals surface area contributed by atoms with Crippen LogP contribution in [0, 0.1) is 13.8 Å². The smallest absolute Gasteiger partial charge is 0.322 e. The van der Waals surface area contributed by atoms with Gasteiger partial charge in [0.15, 0.2) is 0 Å². The Morgan fingerprint density at radius 3 is 2.69 bits per heavy atom. The Balaban J connectivity index is 1.59. The number of halogens is 1. The van der Waals surface area contributed by atoms with Gasteiger partial charge in [-0.25, -0.2) is 0 Å². The zero-order valence-electron chi connectivity index (χ0n) is 14.0. The number of rotatable bonds is 3. The number of nitrogens with zero attached hydrogens (tertiary/aromatic N) is 2. The maximum absolute atomic E-state index is 12.5. The summed E-state index contributed by atoms with van der Waals surface area (Å²) in [4.78, 5) is 13.0. The Kier molecular flexibility index (Phi) is 4.22. The number of hydrogen-bond acceptors (Lipinski definition) is 5. The lowest BCUT2D eigenvalue weighted by molar-refractivity contribution is 0.102. The number of carbonyl (C=O) groups excluding carboxylic acids is 1. The molecule has 1 N–H and O–H groups in total. The topological polar surface area (TPSA) is 68.0 Å². The molecule has 0 spiro atoms. The van der Waals surface area contributed by atoms with E-state index in [1.54, 1.807) is 0 Å². The fraction of sp³-hybridized carbons (Fsp3) is 0.105. The number of nitrogens with one attached hydrogen (secondary N) is 1. The number of hydrogen-bond donors (Lipinski definition) is 1. The first-order valence-corrected chi connectivity index (χ1v) is 9.12. The van der Waals surface area contributed by atoms with Crippen LogP contribution in [0.4, 0.5) is 6.01 Å². The first kappa shape index (κ1) is 16.8. The van der Waals surface area contributed by atoms with E-state index in [4.69, 9.17) is 16.0 Å². The van der Waals surface area contributed by atoms with Crippen LogP contribution in [-0.2, 0) is 0 Å². The molecule has 130 valence electrons. The van der Waals surface area contributed by atoms with Crippen LogP contribution in [0.2, 0.25) is 5.02 Å². The van der Waals surface area contributed by atoms with Gasteiger partial charge in [0.25, 0.3) is 5.91 Å². The van der Waals surface area contributed by atoms with Crippen molar-refractivity contribution in [2.24, 2.45) is 0 Å². The van der Waals surface area contributed by atoms with Gasteiger partial charge in [0, 0.05) is 15.6 Å². The molecule has 0 radical (unpaired) electrons. The third kappa shape index (κ3) is 2.98. The van der Waals surface area contributed by atoms with Crippen molar-refractivity contribution in [1.29, 1.82) is 0 Å². The van der Waals surface area contributed by atoms with Crippen molar-refractivity contribution >= 4 is 44.9 Å². The van der Waals surface area contributed by atoms with Crippen molar-refractivity contribution in [3.8, 4) is 11.5 Å². The summed E-state index contributed by atoms with van der Waals surface area (Å²) in [6, 6.07) is 13.5. The Morgan fingerprint density at radius 2 is 1.92 bits per heavy atom. The van der Waals surface area contributed by atoms with Gasteiger partial charge in [0.2, 0.25) is 5.89 Å². The van der Waals surface area contributed by atoms with Gasteiger partial charge in [-0.2, -0.15) is 0 Å². The SMILES string of the molecule is Cc1ccc(-c2nnc(NC(=O)c3sc4ccccc4c3Cl)o2)cc1C. The maximum atomic E-state index is 12.5. The van der Waals surface area contributed by atoms with Crippen molar-refractivity contribution in [2.45, 2.75) is 13.8 Å². The van der Waals surface area contributed by atoms with Crippen LogP contribution in [0.5, 0.6) is 0 Å². The number of amides is 1. The molecule has 0 unspecified atom stereocenters. The van der Waals surface area contributed by atoms with Crippen molar-refractivity contribution in [3.63, 3.8) is 0 Å². The molecule has 1 amide bonds. The molecule has 2 heterocycles. The van der Waals surface area contributed by atoms with E-state index in [9.17, 15) is 4.79 Å². The van der Waals surface area contributed by atoms with Crippen molar-refractivity contribution in [2.75, 3.05) is 5.32 Å². The Morgan fingerprint density at radius 1 is 1.12 bits per heavy atom. The third-order valence-electron chi connectivity index (χ3n) is 4.14. The van der Waals surface area contributed by atoms with Gasteiger partial charge >= 0.3 is 6.01 Å². The highest BCUT2D eigenvalue weighted by atomic mass is 35.5. The number of carbonyl (C=O) groups is 1. The van der Waals surface area contributed by atoms with E-state index in [1.807, 2.05) is 56.3 Å². The van der Waals surface area contributed by atoms with Gasteiger partial charge < -0.3 is 4.42 Å². The molecule has 0 bridgehead atoms. The molecule has 0 aliphatic carbocycles. The quantitative estimate of drug-likeness (QED) is 0.509. The van der Waals surface area contributed by atoms with Crippen LogP contribution < -0.4 is 5.32 Å². The van der Waals surface area contributed by atoms with E-state index in [-0.39, 0.29) is 11.9 Å². The molecule has 7 heteroatoms. The van der Waals surface area contributed by atoms with Gasteiger partial charge in [-0.05, 0) is 43.2 Å². The van der Waals surface area contributed by atoms with Crippen molar-refractivity contribution in [1.82, 2.24) is 10.2 Å². The minimum absolute atomic E-state index is 0.0387. The zero-order chi connectivity index (χ0) is 18.3. The van der Waals surface area contributed by atoms with Crippen LogP contribution >= 0.6 is 22.9 Å². The van der Waals surface area contributed by atoms with Crippen LogP contribution in [0.1, 0.15) is 20.8 Å². The average molecular weight is 384 g/mol. The molecule has 0 saturated carbocycles. The van der Waals surface area contributed by atoms with E-state index < -0.39 is 0 Å². The molecule has 4 aromatic rings. The van der Waals surface area contributed by atoms with E-state index in [0.717, 1.165) is 21.2 Å². The predicted octanol–water partition coefficient (Wildman–Crippen LogP) is 5.47. The van der Waals surface area contributed by atoms with E-state index in [2.05, 4.69) is 15.5 Å². The molecule has 5 nitrogen and oxygen atoms in total. The third-order valence-corrected chi connectivity index (χ3v) is 5.81.